The number of hydrogen-bond donors (Lipinski definition) is 0. The van der Waals surface area contributed by atoms with Crippen molar-refractivity contribution in [1.29, 1.82) is 0 Å². The van der Waals surface area contributed by atoms with Gasteiger partial charge in [0.15, 0.2) is 0 Å². The molecule has 2 nitrogen and oxygen atoms in total. The first kappa shape index (κ1) is 24.9. The van der Waals surface area contributed by atoms with E-state index in [9.17, 15) is 4.79 Å². The number of rotatable bonds is 19. The molecule has 0 spiro atoms. The molecule has 2 heteroatoms. The fourth-order valence-corrected chi connectivity index (χ4v) is 3.12. The second-order valence-corrected chi connectivity index (χ2v) is 7.36. The highest BCUT2D eigenvalue weighted by Crippen LogP contribution is 2.13. The van der Waals surface area contributed by atoms with Crippen LogP contribution >= 0.6 is 0 Å². The average molecular weight is 365 g/mol. The molecule has 152 valence electrons. The van der Waals surface area contributed by atoms with E-state index in [0.717, 1.165) is 6.42 Å². The van der Waals surface area contributed by atoms with E-state index >= 15 is 0 Å². The fraction of sp³-hybridized carbons (Fsp3) is 0.792. The van der Waals surface area contributed by atoms with E-state index in [0.29, 0.717) is 6.61 Å². The number of ether oxygens (including phenoxy) is 1. The molecule has 0 aliphatic rings. The third kappa shape index (κ3) is 21.0. The highest BCUT2D eigenvalue weighted by molar-refractivity contribution is 5.82. The molecule has 26 heavy (non-hydrogen) atoms. The van der Waals surface area contributed by atoms with Gasteiger partial charge < -0.3 is 4.74 Å². The van der Waals surface area contributed by atoms with E-state index in [-0.39, 0.29) is 5.97 Å². The number of allylic oxidation sites excluding steroid dienone is 3. The van der Waals surface area contributed by atoms with Gasteiger partial charge in [-0.05, 0) is 13.3 Å². The molecule has 0 aliphatic carbocycles. The quantitative estimate of drug-likeness (QED) is 0.101. The van der Waals surface area contributed by atoms with Crippen molar-refractivity contribution in [2.75, 3.05) is 6.61 Å². The van der Waals surface area contributed by atoms with Crippen molar-refractivity contribution < 1.29 is 9.53 Å². The molecule has 0 saturated heterocycles. The third-order valence-electron chi connectivity index (χ3n) is 4.78. The lowest BCUT2D eigenvalue weighted by Gasteiger charge is -2.04. The first-order valence-corrected chi connectivity index (χ1v) is 11.3. The lowest BCUT2D eigenvalue weighted by atomic mass is 10.0. The van der Waals surface area contributed by atoms with Crippen molar-refractivity contribution in [3.05, 3.63) is 24.3 Å². The molecule has 0 bridgehead atoms. The summed E-state index contributed by atoms with van der Waals surface area (Å²) in [5.41, 5.74) is 0. The number of unbranched alkanes of at least 4 members (excludes halogenated alkanes) is 15. The van der Waals surface area contributed by atoms with Crippen LogP contribution < -0.4 is 0 Å². The van der Waals surface area contributed by atoms with Gasteiger partial charge in [-0.15, -0.1) is 0 Å². The zero-order chi connectivity index (χ0) is 19.1. The Bertz CT molecular complexity index is 344. The monoisotopic (exact) mass is 364 g/mol. The van der Waals surface area contributed by atoms with Crippen LogP contribution in [0, 0.1) is 0 Å². The molecule has 0 heterocycles. The smallest absolute Gasteiger partial charge is 0.330 e. The lowest BCUT2D eigenvalue weighted by molar-refractivity contribution is -0.137. The molecule has 0 atom stereocenters. The highest BCUT2D eigenvalue weighted by atomic mass is 16.5. The summed E-state index contributed by atoms with van der Waals surface area (Å²) < 4.78 is 5.15. The van der Waals surface area contributed by atoms with Gasteiger partial charge in [0.1, 0.15) is 0 Å². The van der Waals surface area contributed by atoms with E-state index in [1.807, 2.05) is 19.1 Å². The molecule has 0 aromatic carbocycles. The first-order valence-electron chi connectivity index (χ1n) is 11.3. The Morgan fingerprint density at radius 3 is 1.50 bits per heavy atom. The normalized spacial score (nSPS) is 11.6. The Morgan fingerprint density at radius 2 is 1.08 bits per heavy atom. The van der Waals surface area contributed by atoms with Gasteiger partial charge in [0.25, 0.3) is 0 Å². The molecular formula is C24H44O2. The van der Waals surface area contributed by atoms with Gasteiger partial charge in [0, 0.05) is 6.08 Å². The Balaban J connectivity index is 3.12. The number of hydrogen-bond acceptors (Lipinski definition) is 2. The zero-order valence-electron chi connectivity index (χ0n) is 17.6. The molecule has 0 fully saturated rings. The maximum Gasteiger partial charge on any atom is 0.330 e. The average Bonchev–Trinajstić information content (AvgIpc) is 2.64. The van der Waals surface area contributed by atoms with Gasteiger partial charge in [-0.1, -0.05) is 121 Å². The minimum Gasteiger partial charge on any atom is -0.463 e. The van der Waals surface area contributed by atoms with Gasteiger partial charge in [0.05, 0.1) is 6.61 Å². The molecule has 0 unspecified atom stereocenters. The Hall–Kier alpha value is -1.05. The molecule has 0 saturated carbocycles. The standard InChI is InChI=1S/C24H44O2/c1-3-5-7-8-9-10-11-12-13-14-15-16-17-18-19-21-23-26-24(25)22-20-6-4-2/h4,6,20,22H,3,5,7-19,21,23H2,1-2H3. The van der Waals surface area contributed by atoms with Crippen molar-refractivity contribution in [2.24, 2.45) is 0 Å². The van der Waals surface area contributed by atoms with Crippen LogP contribution in [0.2, 0.25) is 0 Å². The van der Waals surface area contributed by atoms with Crippen LogP contribution in [-0.4, -0.2) is 12.6 Å². The van der Waals surface area contributed by atoms with Crippen LogP contribution in [-0.2, 0) is 9.53 Å². The highest BCUT2D eigenvalue weighted by Gasteiger charge is 1.97. The fourth-order valence-electron chi connectivity index (χ4n) is 3.12. The van der Waals surface area contributed by atoms with Gasteiger partial charge in [0.2, 0.25) is 0 Å². The first-order chi connectivity index (χ1) is 12.8. The molecule has 0 N–H and O–H groups in total. The van der Waals surface area contributed by atoms with Crippen molar-refractivity contribution in [1.82, 2.24) is 0 Å². The van der Waals surface area contributed by atoms with Crippen molar-refractivity contribution in [3.63, 3.8) is 0 Å². The molecule has 0 aliphatic heterocycles. The van der Waals surface area contributed by atoms with E-state index < -0.39 is 0 Å². The van der Waals surface area contributed by atoms with E-state index in [4.69, 9.17) is 4.74 Å². The minimum absolute atomic E-state index is 0.232. The second kappa shape index (κ2) is 22.0. The van der Waals surface area contributed by atoms with Crippen LogP contribution in [0.4, 0.5) is 0 Å². The molecule has 0 rings (SSSR count). The van der Waals surface area contributed by atoms with Crippen LogP contribution in [0.25, 0.3) is 0 Å². The molecule has 0 aromatic heterocycles. The van der Waals surface area contributed by atoms with Gasteiger partial charge in [-0.2, -0.15) is 0 Å². The zero-order valence-corrected chi connectivity index (χ0v) is 17.6. The van der Waals surface area contributed by atoms with Crippen molar-refractivity contribution in [3.8, 4) is 0 Å². The number of carbonyl (C=O) groups is 1. The van der Waals surface area contributed by atoms with E-state index in [2.05, 4.69) is 6.92 Å². The lowest BCUT2D eigenvalue weighted by Crippen LogP contribution is -2.02. The van der Waals surface area contributed by atoms with Crippen LogP contribution in [0.5, 0.6) is 0 Å². The topological polar surface area (TPSA) is 26.3 Å². The third-order valence-corrected chi connectivity index (χ3v) is 4.78. The van der Waals surface area contributed by atoms with E-state index in [1.54, 1.807) is 6.08 Å². The number of carbonyl (C=O) groups excluding carboxylic acids is 1. The summed E-state index contributed by atoms with van der Waals surface area (Å²) in [6, 6.07) is 0. The summed E-state index contributed by atoms with van der Waals surface area (Å²) in [6.07, 6.45) is 28.7. The summed E-state index contributed by atoms with van der Waals surface area (Å²) in [5, 5.41) is 0. The molecule has 0 radical (unpaired) electrons. The SMILES string of the molecule is CC=CC=CC(=O)OCCCCCCCCCCCCCCCCCC. The summed E-state index contributed by atoms with van der Waals surface area (Å²) in [4.78, 5) is 11.3. The predicted molar refractivity (Wildman–Crippen MR) is 114 cm³/mol. The summed E-state index contributed by atoms with van der Waals surface area (Å²) in [6.45, 7) is 4.76. The van der Waals surface area contributed by atoms with Crippen molar-refractivity contribution in [2.45, 2.75) is 117 Å². The Kier molecular flexibility index (Phi) is 21.1. The largest absolute Gasteiger partial charge is 0.463 e. The van der Waals surface area contributed by atoms with Gasteiger partial charge in [-0.3, -0.25) is 0 Å². The number of esters is 1. The Morgan fingerprint density at radius 1 is 0.654 bits per heavy atom. The molecular weight excluding hydrogens is 320 g/mol. The maximum atomic E-state index is 11.3. The van der Waals surface area contributed by atoms with Crippen molar-refractivity contribution >= 4 is 5.97 Å². The van der Waals surface area contributed by atoms with Crippen LogP contribution in [0.1, 0.15) is 117 Å². The second-order valence-electron chi connectivity index (χ2n) is 7.36. The summed E-state index contributed by atoms with van der Waals surface area (Å²) >= 11 is 0. The van der Waals surface area contributed by atoms with Gasteiger partial charge in [-0.25, -0.2) is 4.79 Å². The molecule has 0 aromatic rings. The predicted octanol–water partition coefficient (Wildman–Crippen LogP) is 7.92. The van der Waals surface area contributed by atoms with Crippen LogP contribution in [0.15, 0.2) is 24.3 Å². The maximum absolute atomic E-state index is 11.3. The van der Waals surface area contributed by atoms with Gasteiger partial charge >= 0.3 is 5.97 Å². The summed E-state index contributed by atoms with van der Waals surface area (Å²) in [5.74, 6) is -0.232. The Labute approximate surface area is 163 Å². The van der Waals surface area contributed by atoms with Crippen LogP contribution in [0.3, 0.4) is 0 Å². The summed E-state index contributed by atoms with van der Waals surface area (Å²) in [7, 11) is 0. The molecule has 0 amide bonds. The van der Waals surface area contributed by atoms with E-state index in [1.165, 1.54) is 102 Å². The minimum atomic E-state index is -0.232.